The van der Waals surface area contributed by atoms with E-state index in [9.17, 15) is 4.79 Å². The molecular weight excluding hydrogens is 192 g/mol. The number of ether oxygens (including phenoxy) is 1. The van der Waals surface area contributed by atoms with Crippen LogP contribution in [0.1, 0.15) is 5.56 Å². The minimum atomic E-state index is -0.0252. The quantitative estimate of drug-likeness (QED) is 0.792. The van der Waals surface area contributed by atoms with Crippen LogP contribution in [0.2, 0.25) is 0 Å². The molecule has 1 saturated heterocycles. The second-order valence-corrected chi connectivity index (χ2v) is 3.56. The Hall–Kier alpha value is -1.55. The van der Waals surface area contributed by atoms with E-state index in [2.05, 4.69) is 5.43 Å². The number of carbonyl (C=O) groups is 1. The summed E-state index contributed by atoms with van der Waals surface area (Å²) in [6.45, 7) is 3.73. The zero-order valence-electron chi connectivity index (χ0n) is 8.69. The molecule has 1 aliphatic rings. The molecule has 1 amide bonds. The number of nitrogens with one attached hydrogen (secondary N) is 1. The van der Waals surface area contributed by atoms with Crippen LogP contribution in [0, 0.1) is 6.92 Å². The van der Waals surface area contributed by atoms with Crippen LogP contribution >= 0.6 is 0 Å². The van der Waals surface area contributed by atoms with Crippen LogP contribution in [-0.4, -0.2) is 30.6 Å². The Kier molecular flexibility index (Phi) is 2.87. The lowest BCUT2D eigenvalue weighted by Gasteiger charge is -2.31. The smallest absolute Gasteiger partial charge is 0.274 e. The summed E-state index contributed by atoms with van der Waals surface area (Å²) in [5.41, 5.74) is 4.02. The molecule has 15 heavy (non-hydrogen) atoms. The first-order valence-corrected chi connectivity index (χ1v) is 4.99. The highest BCUT2D eigenvalue weighted by atomic mass is 16.5. The number of hydrogen-bond acceptors (Lipinski definition) is 3. The van der Waals surface area contributed by atoms with E-state index in [1.54, 1.807) is 5.01 Å². The molecule has 0 aromatic heterocycles. The Labute approximate surface area is 88.8 Å². The predicted molar refractivity (Wildman–Crippen MR) is 56.4 cm³/mol. The normalized spacial score (nSPS) is 14.6. The second kappa shape index (κ2) is 4.31. The summed E-state index contributed by atoms with van der Waals surface area (Å²) in [6.07, 6.45) is 0. The summed E-state index contributed by atoms with van der Waals surface area (Å²) < 4.78 is 5.37. The first-order chi connectivity index (χ1) is 7.25. The molecule has 1 aliphatic heterocycles. The van der Waals surface area contributed by atoms with E-state index in [1.165, 1.54) is 0 Å². The Balaban J connectivity index is 1.84. The van der Waals surface area contributed by atoms with Gasteiger partial charge in [-0.05, 0) is 24.6 Å². The maximum absolute atomic E-state index is 11.4. The van der Waals surface area contributed by atoms with Gasteiger partial charge in [0.05, 0.1) is 6.54 Å². The molecule has 1 aromatic rings. The molecule has 1 fully saturated rings. The highest BCUT2D eigenvalue weighted by Crippen LogP contribution is 2.12. The number of rotatable bonds is 3. The van der Waals surface area contributed by atoms with Crippen molar-refractivity contribution in [2.75, 3.05) is 19.7 Å². The van der Waals surface area contributed by atoms with Crippen molar-refractivity contribution in [3.8, 4) is 5.75 Å². The molecule has 1 aromatic carbocycles. The number of amides is 1. The van der Waals surface area contributed by atoms with Gasteiger partial charge in [0, 0.05) is 6.54 Å². The maximum Gasteiger partial charge on any atom is 0.274 e. The number of hydrazine groups is 1. The standard InChI is InChI=1S/C11H14N2O2/c1-9-3-2-4-10(7-9)15-8-11(14)13-6-5-12-13/h2-4,7,12H,5-6,8H2,1H3. The average molecular weight is 206 g/mol. The molecule has 0 bridgehead atoms. The van der Waals surface area contributed by atoms with Gasteiger partial charge in [-0.25, -0.2) is 5.43 Å². The summed E-state index contributed by atoms with van der Waals surface area (Å²) in [7, 11) is 0. The Bertz CT molecular complexity index is 361. The minimum Gasteiger partial charge on any atom is -0.484 e. The molecule has 1 heterocycles. The van der Waals surface area contributed by atoms with Crippen LogP contribution in [0.5, 0.6) is 5.75 Å². The van der Waals surface area contributed by atoms with Gasteiger partial charge >= 0.3 is 0 Å². The van der Waals surface area contributed by atoms with Gasteiger partial charge in [-0.2, -0.15) is 0 Å². The summed E-state index contributed by atoms with van der Waals surface area (Å²) in [6, 6.07) is 7.67. The van der Waals surface area contributed by atoms with Crippen LogP contribution in [0.25, 0.3) is 0 Å². The van der Waals surface area contributed by atoms with Crippen molar-refractivity contribution in [3.63, 3.8) is 0 Å². The largest absolute Gasteiger partial charge is 0.484 e. The molecule has 0 radical (unpaired) electrons. The summed E-state index contributed by atoms with van der Waals surface area (Å²) in [5, 5.41) is 1.57. The first-order valence-electron chi connectivity index (χ1n) is 4.99. The number of carbonyl (C=O) groups excluding carboxylic acids is 1. The average Bonchev–Trinajstić information content (AvgIpc) is 2.12. The second-order valence-electron chi connectivity index (χ2n) is 3.56. The van der Waals surface area contributed by atoms with E-state index in [1.807, 2.05) is 31.2 Å². The first kappa shape index (κ1) is 9.98. The lowest BCUT2D eigenvalue weighted by Crippen LogP contribution is -2.57. The summed E-state index contributed by atoms with van der Waals surface area (Å²) in [5.74, 6) is 0.714. The Morgan fingerprint density at radius 1 is 1.60 bits per heavy atom. The zero-order chi connectivity index (χ0) is 10.7. The van der Waals surface area contributed by atoms with Gasteiger partial charge in [-0.1, -0.05) is 12.1 Å². The molecule has 2 rings (SSSR count). The van der Waals surface area contributed by atoms with E-state index >= 15 is 0 Å². The van der Waals surface area contributed by atoms with Gasteiger partial charge in [0.25, 0.3) is 5.91 Å². The monoisotopic (exact) mass is 206 g/mol. The van der Waals surface area contributed by atoms with Crippen LogP contribution in [0.3, 0.4) is 0 Å². The van der Waals surface area contributed by atoms with Crippen molar-refractivity contribution in [2.24, 2.45) is 0 Å². The molecule has 0 spiro atoms. The topological polar surface area (TPSA) is 41.6 Å². The summed E-state index contributed by atoms with van der Waals surface area (Å²) in [4.78, 5) is 11.4. The molecule has 0 aliphatic carbocycles. The third-order valence-corrected chi connectivity index (χ3v) is 2.29. The van der Waals surface area contributed by atoms with Crippen molar-refractivity contribution >= 4 is 5.91 Å². The number of nitrogens with zero attached hydrogens (tertiary/aromatic N) is 1. The molecule has 1 N–H and O–H groups in total. The van der Waals surface area contributed by atoms with Gasteiger partial charge < -0.3 is 4.74 Å². The van der Waals surface area contributed by atoms with Gasteiger partial charge in [0.1, 0.15) is 5.75 Å². The maximum atomic E-state index is 11.4. The lowest BCUT2D eigenvalue weighted by molar-refractivity contribution is -0.141. The van der Waals surface area contributed by atoms with Crippen molar-refractivity contribution in [2.45, 2.75) is 6.92 Å². The molecule has 4 heteroatoms. The zero-order valence-corrected chi connectivity index (χ0v) is 8.69. The molecular formula is C11H14N2O2. The van der Waals surface area contributed by atoms with E-state index < -0.39 is 0 Å². The number of hydrogen-bond donors (Lipinski definition) is 1. The molecule has 80 valence electrons. The fraction of sp³-hybridized carbons (Fsp3) is 0.364. The number of benzene rings is 1. The van der Waals surface area contributed by atoms with Gasteiger partial charge in [0.15, 0.2) is 6.61 Å². The molecule has 0 saturated carbocycles. The van der Waals surface area contributed by atoms with Gasteiger partial charge in [-0.3, -0.25) is 9.80 Å². The lowest BCUT2D eigenvalue weighted by atomic mass is 10.2. The van der Waals surface area contributed by atoms with Crippen LogP contribution < -0.4 is 10.2 Å². The van der Waals surface area contributed by atoms with Crippen LogP contribution in [0.4, 0.5) is 0 Å². The summed E-state index contributed by atoms with van der Waals surface area (Å²) >= 11 is 0. The predicted octanol–water partition coefficient (Wildman–Crippen LogP) is 0.721. The molecule has 0 unspecified atom stereocenters. The Morgan fingerprint density at radius 3 is 3.00 bits per heavy atom. The van der Waals surface area contributed by atoms with Crippen LogP contribution in [-0.2, 0) is 4.79 Å². The molecule has 0 atom stereocenters. The van der Waals surface area contributed by atoms with E-state index in [0.717, 1.165) is 24.4 Å². The third-order valence-electron chi connectivity index (χ3n) is 2.29. The highest BCUT2D eigenvalue weighted by Gasteiger charge is 2.19. The van der Waals surface area contributed by atoms with E-state index in [4.69, 9.17) is 4.74 Å². The van der Waals surface area contributed by atoms with Crippen molar-refractivity contribution in [1.29, 1.82) is 0 Å². The number of aryl methyl sites for hydroxylation is 1. The van der Waals surface area contributed by atoms with Gasteiger partial charge in [0.2, 0.25) is 0 Å². The SMILES string of the molecule is Cc1cccc(OCC(=O)N2CCN2)c1. The highest BCUT2D eigenvalue weighted by molar-refractivity contribution is 5.77. The third kappa shape index (κ3) is 2.47. The van der Waals surface area contributed by atoms with E-state index in [-0.39, 0.29) is 12.5 Å². The van der Waals surface area contributed by atoms with Crippen molar-refractivity contribution in [3.05, 3.63) is 29.8 Å². The van der Waals surface area contributed by atoms with Crippen molar-refractivity contribution < 1.29 is 9.53 Å². The fourth-order valence-corrected chi connectivity index (χ4v) is 1.36. The fourth-order valence-electron chi connectivity index (χ4n) is 1.36. The minimum absolute atomic E-state index is 0.0252. The van der Waals surface area contributed by atoms with Crippen molar-refractivity contribution in [1.82, 2.24) is 10.4 Å². The van der Waals surface area contributed by atoms with E-state index in [0.29, 0.717) is 0 Å². The Morgan fingerprint density at radius 2 is 2.40 bits per heavy atom. The van der Waals surface area contributed by atoms with Crippen LogP contribution in [0.15, 0.2) is 24.3 Å². The molecule has 4 nitrogen and oxygen atoms in total. The van der Waals surface area contributed by atoms with Gasteiger partial charge in [-0.15, -0.1) is 0 Å².